The van der Waals surface area contributed by atoms with Crippen LogP contribution in [0.3, 0.4) is 0 Å². The molecule has 1 heterocycles. The van der Waals surface area contributed by atoms with Crippen molar-refractivity contribution < 1.29 is 9.53 Å². The Kier molecular flexibility index (Phi) is 6.40. The molecule has 0 saturated carbocycles. The Labute approximate surface area is 165 Å². The zero-order valence-corrected chi connectivity index (χ0v) is 17.0. The number of thiazole rings is 1. The van der Waals surface area contributed by atoms with Crippen molar-refractivity contribution in [1.82, 2.24) is 4.57 Å². The molecule has 0 aliphatic heterocycles. The minimum atomic E-state index is -0.267. The molecule has 0 saturated heterocycles. The van der Waals surface area contributed by atoms with Crippen LogP contribution in [0.25, 0.3) is 10.2 Å². The zero-order chi connectivity index (χ0) is 18.5. The molecule has 7 heteroatoms. The number of carbonyl (C=O) groups is 1. The predicted octanol–water partition coefficient (Wildman–Crippen LogP) is 4.86. The number of aryl methyl sites for hydroxylation is 1. The molecule has 3 rings (SSSR count). The Morgan fingerprint density at radius 3 is 2.73 bits per heavy atom. The van der Waals surface area contributed by atoms with E-state index in [-0.39, 0.29) is 5.91 Å². The maximum absolute atomic E-state index is 12.6. The number of ether oxygens (including phenoxy) is 1. The van der Waals surface area contributed by atoms with Crippen LogP contribution in [0, 0.1) is 0 Å². The Morgan fingerprint density at radius 2 is 2.04 bits per heavy atom. The molecule has 0 atom stereocenters. The zero-order valence-electron chi connectivity index (χ0n) is 14.6. The van der Waals surface area contributed by atoms with Crippen molar-refractivity contribution in [2.45, 2.75) is 13.5 Å². The summed E-state index contributed by atoms with van der Waals surface area (Å²) in [6.45, 7) is 3.38. The molecule has 0 radical (unpaired) electrons. The van der Waals surface area contributed by atoms with Gasteiger partial charge in [-0.05, 0) is 55.6 Å². The molecule has 2 aromatic carbocycles. The first-order chi connectivity index (χ1) is 12.6. The number of benzene rings is 2. The molecule has 1 aromatic heterocycles. The lowest BCUT2D eigenvalue weighted by molar-refractivity contribution is 0.0998. The van der Waals surface area contributed by atoms with Gasteiger partial charge in [0.15, 0.2) is 4.80 Å². The van der Waals surface area contributed by atoms with E-state index in [4.69, 9.17) is 16.3 Å². The van der Waals surface area contributed by atoms with E-state index in [1.165, 1.54) is 11.3 Å². The average Bonchev–Trinajstić information content (AvgIpc) is 2.97. The van der Waals surface area contributed by atoms with Gasteiger partial charge in [0, 0.05) is 22.9 Å². The third-order valence-electron chi connectivity index (χ3n) is 3.77. The highest BCUT2D eigenvalue weighted by Crippen LogP contribution is 2.24. The second-order valence-corrected chi connectivity index (χ2v) is 7.95. The van der Waals surface area contributed by atoms with Gasteiger partial charge in [-0.3, -0.25) is 4.79 Å². The number of carbonyl (C=O) groups excluding carboxylic acids is 1. The summed E-state index contributed by atoms with van der Waals surface area (Å²) in [4.78, 5) is 17.6. The quantitative estimate of drug-likeness (QED) is 0.587. The van der Waals surface area contributed by atoms with E-state index in [2.05, 4.69) is 15.8 Å². The molecule has 3 aromatic rings. The number of nitrogens with zero attached hydrogens (tertiary/aromatic N) is 2. The van der Waals surface area contributed by atoms with E-state index in [1.54, 1.807) is 36.0 Å². The van der Waals surface area contributed by atoms with Crippen molar-refractivity contribution in [3.05, 3.63) is 57.9 Å². The van der Waals surface area contributed by atoms with E-state index in [9.17, 15) is 4.79 Å². The van der Waals surface area contributed by atoms with E-state index < -0.39 is 0 Å². The molecule has 0 fully saturated rings. The third-order valence-corrected chi connectivity index (χ3v) is 5.66. The molecule has 1 amide bonds. The summed E-state index contributed by atoms with van der Waals surface area (Å²) >= 11 is 9.16. The molecular weight excluding hydrogens is 388 g/mol. The fourth-order valence-electron chi connectivity index (χ4n) is 2.54. The number of hydrogen-bond acceptors (Lipinski definition) is 4. The summed E-state index contributed by atoms with van der Waals surface area (Å²) in [6.07, 6.45) is 2.07. The van der Waals surface area contributed by atoms with Crippen LogP contribution in [0.4, 0.5) is 0 Å². The predicted molar refractivity (Wildman–Crippen MR) is 111 cm³/mol. The van der Waals surface area contributed by atoms with Crippen LogP contribution >= 0.6 is 34.7 Å². The summed E-state index contributed by atoms with van der Waals surface area (Å²) in [6, 6.07) is 12.8. The summed E-state index contributed by atoms with van der Waals surface area (Å²) in [5.74, 6) is 1.51. The lowest BCUT2D eigenvalue weighted by atomic mass is 10.2. The maximum Gasteiger partial charge on any atom is 0.279 e. The Hall–Kier alpha value is -1.76. The summed E-state index contributed by atoms with van der Waals surface area (Å²) in [5.41, 5.74) is 1.59. The first-order valence-electron chi connectivity index (χ1n) is 8.22. The number of amides is 1. The van der Waals surface area contributed by atoms with Crippen molar-refractivity contribution in [1.29, 1.82) is 0 Å². The van der Waals surface area contributed by atoms with Crippen molar-refractivity contribution in [2.24, 2.45) is 4.99 Å². The van der Waals surface area contributed by atoms with Crippen molar-refractivity contribution in [3.8, 4) is 5.75 Å². The van der Waals surface area contributed by atoms with Gasteiger partial charge in [-0.25, -0.2) is 0 Å². The number of rotatable bonds is 6. The standard InChI is InChI=1S/C19H19ClN2O2S2/c1-3-24-15-8-9-16-17(12-15)26-19(22(16)10-11-25-2)21-18(23)13-4-6-14(20)7-5-13/h4-9,12H,3,10-11H2,1-2H3. The molecule has 0 aliphatic rings. The second-order valence-electron chi connectivity index (χ2n) is 5.52. The summed E-state index contributed by atoms with van der Waals surface area (Å²) in [7, 11) is 0. The van der Waals surface area contributed by atoms with Gasteiger partial charge in [0.1, 0.15) is 5.75 Å². The average molecular weight is 407 g/mol. The number of halogens is 1. The lowest BCUT2D eigenvalue weighted by Crippen LogP contribution is -2.18. The molecule has 136 valence electrons. The smallest absolute Gasteiger partial charge is 0.279 e. The monoisotopic (exact) mass is 406 g/mol. The lowest BCUT2D eigenvalue weighted by Gasteiger charge is -2.05. The number of hydrogen-bond donors (Lipinski definition) is 0. The van der Waals surface area contributed by atoms with Crippen LogP contribution in [-0.4, -0.2) is 29.1 Å². The van der Waals surface area contributed by atoms with Crippen LogP contribution in [-0.2, 0) is 6.54 Å². The van der Waals surface area contributed by atoms with E-state index in [0.29, 0.717) is 22.0 Å². The summed E-state index contributed by atoms with van der Waals surface area (Å²) in [5, 5.41) is 0.599. The highest BCUT2D eigenvalue weighted by Gasteiger charge is 2.10. The van der Waals surface area contributed by atoms with Crippen LogP contribution < -0.4 is 9.54 Å². The molecule has 26 heavy (non-hydrogen) atoms. The van der Waals surface area contributed by atoms with Gasteiger partial charge in [0.25, 0.3) is 5.91 Å². The third kappa shape index (κ3) is 4.31. The molecule has 0 unspecified atom stereocenters. The Bertz CT molecular complexity index is 977. The van der Waals surface area contributed by atoms with E-state index >= 15 is 0 Å². The van der Waals surface area contributed by atoms with Gasteiger partial charge in [0.2, 0.25) is 0 Å². The van der Waals surface area contributed by atoms with Crippen LogP contribution in [0.5, 0.6) is 5.75 Å². The molecule has 0 aliphatic carbocycles. The Morgan fingerprint density at radius 1 is 1.27 bits per heavy atom. The molecule has 0 spiro atoms. The van der Waals surface area contributed by atoms with E-state index in [1.807, 2.05) is 25.1 Å². The largest absolute Gasteiger partial charge is 0.494 e. The van der Waals surface area contributed by atoms with Gasteiger partial charge in [0.05, 0.1) is 16.8 Å². The second kappa shape index (κ2) is 8.75. The fourth-order valence-corrected chi connectivity index (χ4v) is 4.11. The maximum atomic E-state index is 12.6. The van der Waals surface area contributed by atoms with Gasteiger partial charge >= 0.3 is 0 Å². The topological polar surface area (TPSA) is 43.6 Å². The van der Waals surface area contributed by atoms with Crippen LogP contribution in [0.15, 0.2) is 47.5 Å². The number of aromatic nitrogens is 1. The number of fused-ring (bicyclic) bond motifs is 1. The highest BCUT2D eigenvalue weighted by molar-refractivity contribution is 7.98. The Balaban J connectivity index is 2.07. The van der Waals surface area contributed by atoms with Gasteiger partial charge in [-0.2, -0.15) is 16.8 Å². The van der Waals surface area contributed by atoms with Gasteiger partial charge < -0.3 is 9.30 Å². The van der Waals surface area contributed by atoms with E-state index in [0.717, 1.165) is 28.3 Å². The fraction of sp³-hybridized carbons (Fsp3) is 0.263. The van der Waals surface area contributed by atoms with Crippen molar-refractivity contribution >= 4 is 50.8 Å². The SMILES string of the molecule is CCOc1ccc2c(c1)sc(=NC(=O)c1ccc(Cl)cc1)n2CCSC. The van der Waals surface area contributed by atoms with Gasteiger partial charge in [-0.1, -0.05) is 22.9 Å². The van der Waals surface area contributed by atoms with Crippen molar-refractivity contribution in [3.63, 3.8) is 0 Å². The minimum absolute atomic E-state index is 0.267. The first-order valence-corrected chi connectivity index (χ1v) is 10.8. The normalized spacial score (nSPS) is 11.9. The summed E-state index contributed by atoms with van der Waals surface area (Å²) < 4.78 is 8.74. The molecule has 0 N–H and O–H groups in total. The van der Waals surface area contributed by atoms with Crippen molar-refractivity contribution in [2.75, 3.05) is 18.6 Å². The van der Waals surface area contributed by atoms with Gasteiger partial charge in [-0.15, -0.1) is 0 Å². The molecular formula is C19H19ClN2O2S2. The highest BCUT2D eigenvalue weighted by atomic mass is 35.5. The van der Waals surface area contributed by atoms with Crippen LogP contribution in [0.2, 0.25) is 5.02 Å². The minimum Gasteiger partial charge on any atom is -0.494 e. The first kappa shape index (κ1) is 19.0. The number of thioether (sulfide) groups is 1. The van der Waals surface area contributed by atoms with Crippen LogP contribution in [0.1, 0.15) is 17.3 Å². The molecule has 0 bridgehead atoms. The molecule has 4 nitrogen and oxygen atoms in total.